The summed E-state index contributed by atoms with van der Waals surface area (Å²) in [5.74, 6) is 1.77. The number of hydrogen-bond donors (Lipinski definition) is 2. The first-order valence-corrected chi connectivity index (χ1v) is 10.2. The Labute approximate surface area is 172 Å². The van der Waals surface area contributed by atoms with Gasteiger partial charge in [-0.15, -0.1) is 12.4 Å². The number of nitrogens with zero attached hydrogens (tertiary/aromatic N) is 1. The number of carbonyl (C=O) groups excluding carboxylic acids is 2. The van der Waals surface area contributed by atoms with Crippen LogP contribution in [0.15, 0.2) is 24.3 Å². The summed E-state index contributed by atoms with van der Waals surface area (Å²) in [7, 11) is 0. The first kappa shape index (κ1) is 20.9. The summed E-state index contributed by atoms with van der Waals surface area (Å²) in [6.45, 7) is 2.76. The number of carbonyl (C=O) groups is 2. The molecule has 3 fully saturated rings. The molecule has 7 heteroatoms. The Hall–Kier alpha value is -1.79. The molecule has 0 spiro atoms. The van der Waals surface area contributed by atoms with E-state index in [0.717, 1.165) is 56.9 Å². The summed E-state index contributed by atoms with van der Waals surface area (Å²) >= 11 is 0. The van der Waals surface area contributed by atoms with Crippen LogP contribution in [0.4, 0.5) is 5.69 Å². The normalized spacial score (nSPS) is 19.6. The van der Waals surface area contributed by atoms with E-state index in [9.17, 15) is 9.59 Å². The number of benzene rings is 1. The average Bonchev–Trinajstić information content (AvgIpc) is 3.58. The van der Waals surface area contributed by atoms with Gasteiger partial charge >= 0.3 is 0 Å². The van der Waals surface area contributed by atoms with Crippen LogP contribution in [0.2, 0.25) is 0 Å². The third-order valence-corrected chi connectivity index (χ3v) is 5.65. The maximum absolute atomic E-state index is 12.4. The van der Waals surface area contributed by atoms with Gasteiger partial charge in [-0.3, -0.25) is 9.59 Å². The summed E-state index contributed by atoms with van der Waals surface area (Å²) < 4.78 is 5.68. The number of halogens is 1. The lowest BCUT2D eigenvalue weighted by Crippen LogP contribution is -2.46. The molecule has 4 rings (SSSR count). The van der Waals surface area contributed by atoms with E-state index < -0.39 is 0 Å². The van der Waals surface area contributed by atoms with Crippen molar-refractivity contribution in [2.75, 3.05) is 31.6 Å². The van der Waals surface area contributed by atoms with Crippen molar-refractivity contribution in [1.82, 2.24) is 10.2 Å². The van der Waals surface area contributed by atoms with Gasteiger partial charge in [0.2, 0.25) is 5.91 Å². The van der Waals surface area contributed by atoms with Crippen molar-refractivity contribution in [2.45, 2.75) is 44.6 Å². The number of nitrogens with one attached hydrogen (secondary N) is 2. The SMILES string of the molecule is Cl.O=C(Nc1cccc(OCC(=O)N2CCC(NCC3CC3)CC2)c1)C1CC1. The van der Waals surface area contributed by atoms with Gasteiger partial charge in [0.1, 0.15) is 5.75 Å². The summed E-state index contributed by atoms with van der Waals surface area (Å²) in [5, 5.41) is 6.53. The van der Waals surface area contributed by atoms with E-state index in [1.165, 1.54) is 12.8 Å². The third-order valence-electron chi connectivity index (χ3n) is 5.65. The molecular formula is C21H30ClN3O3. The Kier molecular flexibility index (Phi) is 7.18. The van der Waals surface area contributed by atoms with E-state index in [1.807, 2.05) is 23.1 Å². The van der Waals surface area contributed by atoms with Gasteiger partial charge in [0, 0.05) is 36.8 Å². The molecule has 6 nitrogen and oxygen atoms in total. The lowest BCUT2D eigenvalue weighted by atomic mass is 10.0. The highest BCUT2D eigenvalue weighted by Gasteiger charge is 2.29. The molecule has 0 aromatic heterocycles. The fourth-order valence-electron chi connectivity index (χ4n) is 3.48. The molecule has 2 N–H and O–H groups in total. The monoisotopic (exact) mass is 407 g/mol. The van der Waals surface area contributed by atoms with Crippen LogP contribution in [0.5, 0.6) is 5.75 Å². The van der Waals surface area contributed by atoms with Crippen molar-refractivity contribution in [3.8, 4) is 5.75 Å². The van der Waals surface area contributed by atoms with Crippen molar-refractivity contribution in [2.24, 2.45) is 11.8 Å². The van der Waals surface area contributed by atoms with Crippen LogP contribution in [0.1, 0.15) is 38.5 Å². The van der Waals surface area contributed by atoms with Gasteiger partial charge in [0.25, 0.3) is 5.91 Å². The van der Waals surface area contributed by atoms with Gasteiger partial charge in [-0.1, -0.05) is 6.07 Å². The van der Waals surface area contributed by atoms with Gasteiger partial charge in [-0.2, -0.15) is 0 Å². The molecule has 0 radical (unpaired) electrons. The Morgan fingerprint density at radius 2 is 1.82 bits per heavy atom. The van der Waals surface area contributed by atoms with Crippen LogP contribution < -0.4 is 15.4 Å². The topological polar surface area (TPSA) is 70.7 Å². The number of anilines is 1. The molecule has 2 saturated carbocycles. The Balaban J connectivity index is 0.00000225. The Morgan fingerprint density at radius 1 is 1.07 bits per heavy atom. The smallest absolute Gasteiger partial charge is 0.260 e. The minimum absolute atomic E-state index is 0. The quantitative estimate of drug-likeness (QED) is 0.695. The zero-order valence-corrected chi connectivity index (χ0v) is 17.0. The minimum atomic E-state index is 0. The van der Waals surface area contributed by atoms with E-state index in [1.54, 1.807) is 6.07 Å². The summed E-state index contributed by atoms with van der Waals surface area (Å²) in [5.41, 5.74) is 0.722. The van der Waals surface area contributed by atoms with Gasteiger partial charge in [-0.25, -0.2) is 0 Å². The predicted molar refractivity (Wildman–Crippen MR) is 111 cm³/mol. The standard InChI is InChI=1S/C21H29N3O3.ClH/c25-20(24-10-8-17(9-11-24)22-13-15-4-5-15)14-27-19-3-1-2-18(12-19)23-21(26)16-6-7-16;/h1-3,12,15-17,22H,4-11,13-14H2,(H,23,26);1H. The molecule has 1 saturated heterocycles. The largest absolute Gasteiger partial charge is 0.484 e. The summed E-state index contributed by atoms with van der Waals surface area (Å²) in [6, 6.07) is 7.81. The third kappa shape index (κ3) is 6.11. The summed E-state index contributed by atoms with van der Waals surface area (Å²) in [4.78, 5) is 26.2. The highest BCUT2D eigenvalue weighted by molar-refractivity contribution is 5.94. The second-order valence-corrected chi connectivity index (χ2v) is 8.09. The zero-order chi connectivity index (χ0) is 18.6. The van der Waals surface area contributed by atoms with Crippen LogP contribution in [-0.4, -0.2) is 49.0 Å². The predicted octanol–water partition coefficient (Wildman–Crippen LogP) is 2.83. The minimum Gasteiger partial charge on any atom is -0.484 e. The molecular weight excluding hydrogens is 378 g/mol. The van der Waals surface area contributed by atoms with Crippen LogP contribution in [-0.2, 0) is 9.59 Å². The fourth-order valence-corrected chi connectivity index (χ4v) is 3.48. The maximum atomic E-state index is 12.4. The van der Waals surface area contributed by atoms with Crippen molar-refractivity contribution in [3.05, 3.63) is 24.3 Å². The lowest BCUT2D eigenvalue weighted by molar-refractivity contribution is -0.134. The molecule has 3 aliphatic rings. The molecule has 1 aromatic rings. The number of amides is 2. The van der Waals surface area contributed by atoms with Crippen molar-refractivity contribution in [1.29, 1.82) is 0 Å². The zero-order valence-electron chi connectivity index (χ0n) is 16.2. The van der Waals surface area contributed by atoms with E-state index in [4.69, 9.17) is 4.74 Å². The molecule has 2 aliphatic carbocycles. The molecule has 28 heavy (non-hydrogen) atoms. The van der Waals surface area contributed by atoms with Crippen LogP contribution in [0.3, 0.4) is 0 Å². The Morgan fingerprint density at radius 3 is 2.50 bits per heavy atom. The number of ether oxygens (including phenoxy) is 1. The number of hydrogen-bond acceptors (Lipinski definition) is 4. The Bertz CT molecular complexity index is 683. The van der Waals surface area contributed by atoms with Crippen LogP contribution in [0.25, 0.3) is 0 Å². The average molecular weight is 408 g/mol. The molecule has 1 heterocycles. The van der Waals surface area contributed by atoms with Gasteiger partial charge in [0.05, 0.1) is 0 Å². The van der Waals surface area contributed by atoms with Gasteiger partial charge in [0.15, 0.2) is 6.61 Å². The molecule has 0 bridgehead atoms. The van der Waals surface area contributed by atoms with Crippen molar-refractivity contribution in [3.63, 3.8) is 0 Å². The highest BCUT2D eigenvalue weighted by atomic mass is 35.5. The summed E-state index contributed by atoms with van der Waals surface area (Å²) in [6.07, 6.45) is 6.72. The molecule has 1 aromatic carbocycles. The van der Waals surface area contributed by atoms with Crippen molar-refractivity contribution >= 4 is 29.9 Å². The van der Waals surface area contributed by atoms with Gasteiger partial charge < -0.3 is 20.3 Å². The molecule has 2 amide bonds. The second kappa shape index (κ2) is 9.61. The molecule has 0 unspecified atom stereocenters. The fraction of sp³-hybridized carbons (Fsp3) is 0.619. The van der Waals surface area contributed by atoms with E-state index >= 15 is 0 Å². The van der Waals surface area contributed by atoms with Crippen LogP contribution >= 0.6 is 12.4 Å². The number of piperidine rings is 1. The lowest BCUT2D eigenvalue weighted by Gasteiger charge is -2.32. The molecule has 1 aliphatic heterocycles. The first-order chi connectivity index (χ1) is 13.2. The van der Waals surface area contributed by atoms with Crippen molar-refractivity contribution < 1.29 is 14.3 Å². The molecule has 154 valence electrons. The van der Waals surface area contributed by atoms with Crippen LogP contribution in [0, 0.1) is 11.8 Å². The highest BCUT2D eigenvalue weighted by Crippen LogP contribution is 2.30. The van der Waals surface area contributed by atoms with E-state index in [0.29, 0.717) is 11.8 Å². The van der Waals surface area contributed by atoms with E-state index in [-0.39, 0.29) is 36.7 Å². The number of rotatable bonds is 8. The second-order valence-electron chi connectivity index (χ2n) is 8.09. The molecule has 0 atom stereocenters. The van der Waals surface area contributed by atoms with Gasteiger partial charge in [-0.05, 0) is 63.1 Å². The first-order valence-electron chi connectivity index (χ1n) is 10.2. The van der Waals surface area contributed by atoms with E-state index in [2.05, 4.69) is 10.6 Å². The number of likely N-dealkylation sites (tertiary alicyclic amines) is 1. The maximum Gasteiger partial charge on any atom is 0.260 e.